The van der Waals surface area contributed by atoms with Gasteiger partial charge in [0.15, 0.2) is 0 Å². The predicted molar refractivity (Wildman–Crippen MR) is 92.0 cm³/mol. The number of rotatable bonds is 4. The lowest BCUT2D eigenvalue weighted by molar-refractivity contribution is -0.152. The molecule has 5 nitrogen and oxygen atoms in total. The summed E-state index contributed by atoms with van der Waals surface area (Å²) in [7, 11) is 0. The van der Waals surface area contributed by atoms with Crippen LogP contribution in [0, 0.1) is 18.6 Å². The van der Waals surface area contributed by atoms with Gasteiger partial charge >= 0.3 is 5.97 Å². The van der Waals surface area contributed by atoms with Crippen molar-refractivity contribution in [2.75, 3.05) is 0 Å². The molecule has 2 unspecified atom stereocenters. The summed E-state index contributed by atoms with van der Waals surface area (Å²) in [6.07, 6.45) is -1.02. The Kier molecular flexibility index (Phi) is 4.78. The molecular weight excluding hydrogens is 356 g/mol. The van der Waals surface area contributed by atoms with E-state index in [-0.39, 0.29) is 16.7 Å². The molecule has 1 aliphatic rings. The first kappa shape index (κ1) is 18.7. The highest BCUT2D eigenvalue weighted by atomic mass is 19.1. The molecule has 0 spiro atoms. The summed E-state index contributed by atoms with van der Waals surface area (Å²) in [6.45, 7) is 4.58. The van der Waals surface area contributed by atoms with Gasteiger partial charge in [0.1, 0.15) is 23.8 Å². The second-order valence-electron chi connectivity index (χ2n) is 6.45. The lowest BCUT2D eigenvalue weighted by Crippen LogP contribution is -2.43. The van der Waals surface area contributed by atoms with Gasteiger partial charge in [0, 0.05) is 11.6 Å². The van der Waals surface area contributed by atoms with Crippen LogP contribution in [-0.4, -0.2) is 28.7 Å². The number of hydrogen-bond acceptors (Lipinski definition) is 4. The number of carbonyl (C=O) groups excluding carboxylic acids is 3. The van der Waals surface area contributed by atoms with E-state index in [2.05, 4.69) is 0 Å². The third-order valence-electron chi connectivity index (χ3n) is 4.50. The fourth-order valence-corrected chi connectivity index (χ4v) is 3.00. The molecule has 0 fully saturated rings. The average Bonchev–Trinajstić information content (AvgIpc) is 2.84. The second kappa shape index (κ2) is 6.90. The number of aryl methyl sites for hydroxylation is 1. The molecule has 0 bridgehead atoms. The van der Waals surface area contributed by atoms with E-state index in [1.54, 1.807) is 25.1 Å². The van der Waals surface area contributed by atoms with E-state index in [9.17, 15) is 23.2 Å². The van der Waals surface area contributed by atoms with E-state index in [1.165, 1.54) is 19.9 Å². The number of halogens is 2. The number of nitrogens with zero attached hydrogens (tertiary/aromatic N) is 1. The summed E-state index contributed by atoms with van der Waals surface area (Å²) in [5.74, 6) is -3.62. The molecule has 7 heteroatoms. The SMILES string of the molecule is Cc1ccc2c(c1)C(=O)N(C(C)C(=O)OC(C)c1ccc(F)cc1F)C2=O. The number of benzene rings is 2. The van der Waals surface area contributed by atoms with Gasteiger partial charge in [0.05, 0.1) is 11.1 Å². The van der Waals surface area contributed by atoms with E-state index in [1.807, 2.05) is 0 Å². The number of carbonyl (C=O) groups is 3. The predicted octanol–water partition coefficient (Wildman–Crippen LogP) is 3.56. The van der Waals surface area contributed by atoms with Crippen LogP contribution >= 0.6 is 0 Å². The number of fused-ring (bicyclic) bond motifs is 1. The number of esters is 1. The largest absolute Gasteiger partial charge is 0.456 e. The Morgan fingerprint density at radius 2 is 1.67 bits per heavy atom. The summed E-state index contributed by atoms with van der Waals surface area (Å²) in [5, 5.41) is 0. The van der Waals surface area contributed by atoms with Gasteiger partial charge in [-0.1, -0.05) is 11.6 Å². The van der Waals surface area contributed by atoms with Crippen molar-refractivity contribution in [2.45, 2.75) is 32.9 Å². The van der Waals surface area contributed by atoms with Crippen LogP contribution in [0.1, 0.15) is 51.8 Å². The molecule has 2 atom stereocenters. The van der Waals surface area contributed by atoms with Crippen LogP contribution in [0.2, 0.25) is 0 Å². The first-order valence-electron chi connectivity index (χ1n) is 8.34. The third kappa shape index (κ3) is 3.32. The van der Waals surface area contributed by atoms with Crippen molar-refractivity contribution in [3.8, 4) is 0 Å². The van der Waals surface area contributed by atoms with E-state index in [0.29, 0.717) is 6.07 Å². The summed E-state index contributed by atoms with van der Waals surface area (Å²) in [4.78, 5) is 38.3. The van der Waals surface area contributed by atoms with Gasteiger partial charge in [-0.25, -0.2) is 13.6 Å². The lowest BCUT2D eigenvalue weighted by atomic mass is 10.1. The van der Waals surface area contributed by atoms with Crippen molar-refractivity contribution in [3.63, 3.8) is 0 Å². The fraction of sp³-hybridized carbons (Fsp3) is 0.250. The molecule has 1 aliphatic heterocycles. The van der Waals surface area contributed by atoms with E-state index in [0.717, 1.165) is 16.5 Å². The maximum absolute atomic E-state index is 13.8. The normalized spacial score (nSPS) is 15.5. The van der Waals surface area contributed by atoms with Crippen LogP contribution in [0.4, 0.5) is 8.78 Å². The van der Waals surface area contributed by atoms with E-state index in [4.69, 9.17) is 4.74 Å². The quantitative estimate of drug-likeness (QED) is 0.607. The van der Waals surface area contributed by atoms with Crippen molar-refractivity contribution in [1.82, 2.24) is 4.90 Å². The van der Waals surface area contributed by atoms with E-state index < -0.39 is 41.6 Å². The number of amides is 2. The number of imide groups is 1. The molecule has 0 saturated carbocycles. The number of ether oxygens (including phenoxy) is 1. The molecule has 3 rings (SSSR count). The maximum atomic E-state index is 13.8. The topological polar surface area (TPSA) is 63.7 Å². The van der Waals surface area contributed by atoms with Crippen molar-refractivity contribution in [1.29, 1.82) is 0 Å². The number of hydrogen-bond donors (Lipinski definition) is 0. The molecule has 2 aromatic carbocycles. The van der Waals surface area contributed by atoms with Crippen LogP contribution in [0.3, 0.4) is 0 Å². The monoisotopic (exact) mass is 373 g/mol. The first-order valence-corrected chi connectivity index (χ1v) is 8.34. The van der Waals surface area contributed by atoms with Gasteiger partial charge in [0.25, 0.3) is 11.8 Å². The standard InChI is InChI=1S/C20H17F2NO4/c1-10-4-6-15-16(8-10)19(25)23(18(15)24)11(2)20(26)27-12(3)14-7-5-13(21)9-17(14)22/h4-9,11-12H,1-3H3. The zero-order valence-electron chi connectivity index (χ0n) is 15.0. The Bertz CT molecular complexity index is 957. The smallest absolute Gasteiger partial charge is 0.329 e. The van der Waals surface area contributed by atoms with E-state index >= 15 is 0 Å². The lowest BCUT2D eigenvalue weighted by Gasteiger charge is -2.23. The van der Waals surface area contributed by atoms with Gasteiger partial charge in [-0.3, -0.25) is 14.5 Å². The first-order chi connectivity index (χ1) is 12.7. The van der Waals surface area contributed by atoms with Crippen molar-refractivity contribution in [2.24, 2.45) is 0 Å². The highest BCUT2D eigenvalue weighted by Crippen LogP contribution is 2.27. The van der Waals surface area contributed by atoms with Crippen LogP contribution in [0.25, 0.3) is 0 Å². The summed E-state index contributed by atoms with van der Waals surface area (Å²) >= 11 is 0. The third-order valence-corrected chi connectivity index (χ3v) is 4.50. The second-order valence-corrected chi connectivity index (χ2v) is 6.45. The molecule has 2 amide bonds. The highest BCUT2D eigenvalue weighted by Gasteiger charge is 2.41. The Labute approximate surface area is 154 Å². The Morgan fingerprint density at radius 3 is 2.33 bits per heavy atom. The molecule has 0 radical (unpaired) electrons. The minimum Gasteiger partial charge on any atom is -0.456 e. The minimum absolute atomic E-state index is 0.00469. The van der Waals surface area contributed by atoms with Crippen molar-refractivity contribution in [3.05, 3.63) is 70.3 Å². The van der Waals surface area contributed by atoms with Crippen LogP contribution in [0.5, 0.6) is 0 Å². The molecule has 2 aromatic rings. The minimum atomic E-state index is -1.19. The summed E-state index contributed by atoms with van der Waals surface area (Å²) in [5.41, 5.74) is 1.27. The molecule has 0 saturated heterocycles. The van der Waals surface area contributed by atoms with Gasteiger partial charge < -0.3 is 4.74 Å². The Balaban J connectivity index is 1.78. The summed E-state index contributed by atoms with van der Waals surface area (Å²) < 4.78 is 32.1. The van der Waals surface area contributed by atoms with Gasteiger partial charge in [-0.2, -0.15) is 0 Å². The molecule has 140 valence electrons. The summed E-state index contributed by atoms with van der Waals surface area (Å²) in [6, 6.07) is 6.56. The molecular formula is C20H17F2NO4. The molecule has 0 aliphatic carbocycles. The molecule has 0 N–H and O–H groups in total. The van der Waals surface area contributed by atoms with Gasteiger partial charge in [0.2, 0.25) is 0 Å². The van der Waals surface area contributed by atoms with Crippen molar-refractivity contribution >= 4 is 17.8 Å². The zero-order chi connectivity index (χ0) is 19.9. The van der Waals surface area contributed by atoms with Crippen LogP contribution in [0.15, 0.2) is 36.4 Å². The molecule has 27 heavy (non-hydrogen) atoms. The van der Waals surface area contributed by atoms with Crippen molar-refractivity contribution < 1.29 is 27.9 Å². The van der Waals surface area contributed by atoms with Crippen LogP contribution < -0.4 is 0 Å². The Hall–Kier alpha value is -3.09. The van der Waals surface area contributed by atoms with Gasteiger partial charge in [-0.05, 0) is 45.0 Å². The van der Waals surface area contributed by atoms with Gasteiger partial charge in [-0.15, -0.1) is 0 Å². The van der Waals surface area contributed by atoms with Crippen LogP contribution in [-0.2, 0) is 9.53 Å². The average molecular weight is 373 g/mol. The maximum Gasteiger partial charge on any atom is 0.329 e. The highest BCUT2D eigenvalue weighted by molar-refractivity contribution is 6.22. The molecule has 1 heterocycles. The Morgan fingerprint density at radius 1 is 1.00 bits per heavy atom. The fourth-order valence-electron chi connectivity index (χ4n) is 3.00. The molecule has 0 aromatic heterocycles. The zero-order valence-corrected chi connectivity index (χ0v) is 15.0.